The maximum absolute atomic E-state index is 13.0. The highest BCUT2D eigenvalue weighted by Crippen LogP contribution is 2.22. The minimum Gasteiger partial charge on any atom is -0.357 e. The summed E-state index contributed by atoms with van der Waals surface area (Å²) in [6.07, 6.45) is 4.02. The van der Waals surface area contributed by atoms with Gasteiger partial charge in [-0.2, -0.15) is 0 Å². The van der Waals surface area contributed by atoms with Crippen LogP contribution in [0.15, 0.2) is 70.5 Å². The number of benzene rings is 2. The van der Waals surface area contributed by atoms with Crippen LogP contribution in [-0.2, 0) is 16.6 Å². The molecular weight excluding hydrogens is 468 g/mol. The van der Waals surface area contributed by atoms with Gasteiger partial charge in [-0.05, 0) is 60.9 Å². The van der Waals surface area contributed by atoms with E-state index >= 15 is 0 Å². The van der Waals surface area contributed by atoms with Gasteiger partial charge in [-0.15, -0.1) is 0 Å². The molecule has 0 aliphatic carbocycles. The van der Waals surface area contributed by atoms with Crippen molar-refractivity contribution in [2.24, 2.45) is 0 Å². The van der Waals surface area contributed by atoms with Crippen molar-refractivity contribution in [1.29, 1.82) is 0 Å². The van der Waals surface area contributed by atoms with Gasteiger partial charge < -0.3 is 20.2 Å². The molecule has 0 unspecified atom stereocenters. The number of nitrogens with one attached hydrogen (secondary N) is 4. The predicted octanol–water partition coefficient (Wildman–Crippen LogP) is 2.58. The second kappa shape index (κ2) is 9.26. The second-order valence-corrected chi connectivity index (χ2v) is 10.0. The van der Waals surface area contributed by atoms with Gasteiger partial charge in [0.05, 0.1) is 27.2 Å². The number of fused-ring (bicyclic) bond motifs is 1. The molecule has 10 nitrogen and oxygen atoms in total. The number of imidazole rings is 1. The number of amides is 1. The number of H-pyrrole nitrogens is 2. The van der Waals surface area contributed by atoms with Crippen LogP contribution in [0, 0.1) is 0 Å². The van der Waals surface area contributed by atoms with Gasteiger partial charge in [-0.1, -0.05) is 12.1 Å². The maximum atomic E-state index is 13.0. The number of para-hydroxylation sites is 1. The Morgan fingerprint density at radius 1 is 1.00 bits per heavy atom. The van der Waals surface area contributed by atoms with Gasteiger partial charge in [-0.25, -0.2) is 18.2 Å². The summed E-state index contributed by atoms with van der Waals surface area (Å²) in [7, 11) is -4.01. The molecular formula is C24H24N6O4S. The van der Waals surface area contributed by atoms with Gasteiger partial charge in [-0.3, -0.25) is 9.52 Å². The van der Waals surface area contributed by atoms with Gasteiger partial charge in [0.25, 0.3) is 15.9 Å². The summed E-state index contributed by atoms with van der Waals surface area (Å²) < 4.78 is 28.5. The van der Waals surface area contributed by atoms with Crippen LogP contribution in [0.5, 0.6) is 0 Å². The van der Waals surface area contributed by atoms with Crippen LogP contribution in [0.2, 0.25) is 0 Å². The van der Waals surface area contributed by atoms with Crippen LogP contribution in [-0.4, -0.2) is 42.4 Å². The third-order valence-corrected chi connectivity index (χ3v) is 7.27. The van der Waals surface area contributed by atoms with Gasteiger partial charge in [0.15, 0.2) is 0 Å². The quantitative estimate of drug-likeness (QED) is 0.313. The molecule has 1 aliphatic rings. The van der Waals surface area contributed by atoms with Gasteiger partial charge in [0.2, 0.25) is 0 Å². The monoisotopic (exact) mass is 492 g/mol. The Morgan fingerprint density at radius 2 is 1.77 bits per heavy atom. The molecule has 11 heteroatoms. The minimum absolute atomic E-state index is 0.0401. The fourth-order valence-electron chi connectivity index (χ4n) is 4.12. The van der Waals surface area contributed by atoms with Crippen molar-refractivity contribution in [3.8, 4) is 0 Å². The number of carbonyl (C=O) groups excluding carboxylic acids is 1. The molecule has 0 saturated carbocycles. The molecule has 2 aromatic carbocycles. The molecule has 1 fully saturated rings. The Morgan fingerprint density at radius 3 is 2.60 bits per heavy atom. The number of nitrogens with zero attached hydrogens (tertiary/aromatic N) is 2. The molecule has 0 radical (unpaired) electrons. The summed E-state index contributed by atoms with van der Waals surface area (Å²) in [6, 6.07) is 14.5. The highest BCUT2D eigenvalue weighted by atomic mass is 32.2. The number of carbonyl (C=O) groups is 1. The van der Waals surface area contributed by atoms with Gasteiger partial charge in [0.1, 0.15) is 5.82 Å². The number of rotatable bonds is 7. The molecule has 5 rings (SSSR count). The van der Waals surface area contributed by atoms with E-state index < -0.39 is 21.6 Å². The third-order valence-electron chi connectivity index (χ3n) is 5.91. The first-order valence-corrected chi connectivity index (χ1v) is 12.7. The van der Waals surface area contributed by atoms with Crippen molar-refractivity contribution in [2.45, 2.75) is 24.3 Å². The van der Waals surface area contributed by atoms with Crippen LogP contribution in [0.1, 0.15) is 28.8 Å². The third kappa shape index (κ3) is 4.90. The fourth-order valence-corrected chi connectivity index (χ4v) is 5.23. The molecule has 0 atom stereocenters. The second-order valence-electron chi connectivity index (χ2n) is 8.34. The number of sulfonamides is 1. The van der Waals surface area contributed by atoms with E-state index in [1.54, 1.807) is 24.4 Å². The molecule has 1 saturated heterocycles. The number of pyridine rings is 1. The highest BCUT2D eigenvalue weighted by Gasteiger charge is 2.20. The molecule has 0 bridgehead atoms. The summed E-state index contributed by atoms with van der Waals surface area (Å²) in [5.41, 5.74) is 1.70. The summed E-state index contributed by atoms with van der Waals surface area (Å²) in [4.78, 5) is 36.2. The lowest BCUT2D eigenvalue weighted by atomic mass is 10.1. The van der Waals surface area contributed by atoms with Crippen LogP contribution in [0.3, 0.4) is 0 Å². The van der Waals surface area contributed by atoms with Crippen molar-refractivity contribution < 1.29 is 13.2 Å². The molecule has 35 heavy (non-hydrogen) atoms. The number of hydrogen-bond acceptors (Lipinski definition) is 6. The van der Waals surface area contributed by atoms with E-state index in [4.69, 9.17) is 0 Å². The molecule has 1 aliphatic heterocycles. The van der Waals surface area contributed by atoms with Crippen LogP contribution in [0.4, 0.5) is 11.5 Å². The molecule has 4 aromatic rings. The van der Waals surface area contributed by atoms with Crippen molar-refractivity contribution in [3.05, 3.63) is 82.4 Å². The van der Waals surface area contributed by atoms with E-state index in [2.05, 4.69) is 29.9 Å². The maximum Gasteiger partial charge on any atom is 0.323 e. The zero-order valence-electron chi connectivity index (χ0n) is 18.7. The Kier molecular flexibility index (Phi) is 6.00. The van der Waals surface area contributed by atoms with Gasteiger partial charge >= 0.3 is 5.69 Å². The molecule has 0 spiro atoms. The predicted molar refractivity (Wildman–Crippen MR) is 133 cm³/mol. The number of hydrogen-bond donors (Lipinski definition) is 4. The Hall–Kier alpha value is -4.12. The van der Waals surface area contributed by atoms with Crippen molar-refractivity contribution in [2.75, 3.05) is 22.7 Å². The standard InChI is InChI=1S/C24H24N6O4S/c31-23(26-15-16-9-10-25-22(13-16)30-11-3-4-12-30)18-5-1-2-6-19(18)29-35(33,34)17-7-8-20-21(14-17)28-24(32)27-20/h1-2,5-10,13-14,29H,3-4,11-12,15H2,(H,26,31)(H2,27,28,32). The van der Waals surface area contributed by atoms with E-state index in [0.717, 1.165) is 37.3 Å². The number of aromatic nitrogens is 3. The van der Waals surface area contributed by atoms with Crippen molar-refractivity contribution in [1.82, 2.24) is 20.3 Å². The zero-order chi connectivity index (χ0) is 24.4. The first-order valence-electron chi connectivity index (χ1n) is 11.2. The van der Waals surface area contributed by atoms with Crippen LogP contribution in [0.25, 0.3) is 11.0 Å². The highest BCUT2D eigenvalue weighted by molar-refractivity contribution is 7.92. The Labute approximate surface area is 201 Å². The van der Waals surface area contributed by atoms with Crippen molar-refractivity contribution in [3.63, 3.8) is 0 Å². The SMILES string of the molecule is O=C(NCc1ccnc(N2CCCC2)c1)c1ccccc1NS(=O)(=O)c1ccc2[nH]c(=O)[nH]c2c1. The smallest absolute Gasteiger partial charge is 0.323 e. The largest absolute Gasteiger partial charge is 0.357 e. The zero-order valence-corrected chi connectivity index (χ0v) is 19.6. The lowest BCUT2D eigenvalue weighted by Gasteiger charge is -2.17. The van der Waals surface area contributed by atoms with Crippen molar-refractivity contribution >= 4 is 38.5 Å². The first-order chi connectivity index (χ1) is 16.9. The Bertz CT molecular complexity index is 1550. The van der Waals surface area contributed by atoms with E-state index in [1.165, 1.54) is 24.3 Å². The van der Waals surface area contributed by atoms with E-state index in [9.17, 15) is 18.0 Å². The fraction of sp³-hybridized carbons (Fsp3) is 0.208. The normalized spacial score (nSPS) is 13.8. The average molecular weight is 493 g/mol. The van der Waals surface area contributed by atoms with E-state index in [0.29, 0.717) is 11.0 Å². The molecule has 1 amide bonds. The number of anilines is 2. The average Bonchev–Trinajstić information content (AvgIpc) is 3.51. The molecule has 2 aromatic heterocycles. The van der Waals surface area contributed by atoms with E-state index in [1.807, 2.05) is 12.1 Å². The minimum atomic E-state index is -4.01. The first kappa shape index (κ1) is 22.7. The molecule has 3 heterocycles. The molecule has 180 valence electrons. The summed E-state index contributed by atoms with van der Waals surface area (Å²) >= 11 is 0. The lowest BCUT2D eigenvalue weighted by Crippen LogP contribution is -2.25. The summed E-state index contributed by atoms with van der Waals surface area (Å²) in [5.74, 6) is 0.483. The van der Waals surface area contributed by atoms with E-state index in [-0.39, 0.29) is 22.7 Å². The Balaban J connectivity index is 1.32. The number of aromatic amines is 2. The van der Waals surface area contributed by atoms with Crippen LogP contribution >= 0.6 is 0 Å². The summed E-state index contributed by atoms with van der Waals surface area (Å²) in [6.45, 7) is 2.23. The van der Waals surface area contributed by atoms with Crippen LogP contribution < -0.4 is 20.6 Å². The lowest BCUT2D eigenvalue weighted by molar-refractivity contribution is 0.0952. The summed E-state index contributed by atoms with van der Waals surface area (Å²) in [5, 5.41) is 2.86. The molecule has 4 N–H and O–H groups in total. The topological polar surface area (TPSA) is 140 Å². The van der Waals surface area contributed by atoms with Gasteiger partial charge in [0, 0.05) is 25.8 Å².